The van der Waals surface area contributed by atoms with Crippen molar-refractivity contribution in [3.63, 3.8) is 0 Å². The highest BCUT2D eigenvalue weighted by Crippen LogP contribution is 2.38. The van der Waals surface area contributed by atoms with Gasteiger partial charge >= 0.3 is 0 Å². The molecule has 140 valence electrons. The van der Waals surface area contributed by atoms with Gasteiger partial charge in [0.15, 0.2) is 0 Å². The van der Waals surface area contributed by atoms with Crippen molar-refractivity contribution in [1.82, 2.24) is 0 Å². The number of allylic oxidation sites excluding steroid dienone is 1. The largest absolute Gasteiger partial charge is 0.404 e. The van der Waals surface area contributed by atoms with Crippen LogP contribution in [0.3, 0.4) is 0 Å². The molecule has 0 aliphatic rings. The summed E-state index contributed by atoms with van der Waals surface area (Å²) in [7, 11) is -2.54. The summed E-state index contributed by atoms with van der Waals surface area (Å²) in [5, 5.41) is 12.1. The molecule has 0 heterocycles. The van der Waals surface area contributed by atoms with Crippen molar-refractivity contribution in [3.05, 3.63) is 72.8 Å². The Morgan fingerprint density at radius 2 is 1.46 bits per heavy atom. The van der Waals surface area contributed by atoms with Crippen LogP contribution >= 0.6 is 0 Å². The Hall–Kier alpha value is -1.68. The molecule has 3 heteroatoms. The van der Waals surface area contributed by atoms with Crippen molar-refractivity contribution >= 4 is 18.7 Å². The summed E-state index contributed by atoms with van der Waals surface area (Å²) in [5.74, 6) is 0. The molecule has 0 aliphatic heterocycles. The van der Waals surface area contributed by atoms with Gasteiger partial charge < -0.3 is 9.53 Å². The average molecular weight is 369 g/mol. The van der Waals surface area contributed by atoms with Crippen molar-refractivity contribution in [2.45, 2.75) is 51.7 Å². The number of aliphatic hydroxyl groups is 1. The molecule has 2 rings (SSSR count). The summed E-state index contributed by atoms with van der Waals surface area (Å²) in [6.07, 6.45) is 5.66. The third-order valence-electron chi connectivity index (χ3n) is 4.85. The summed E-state index contributed by atoms with van der Waals surface area (Å²) in [6, 6.07) is 21.3. The molecule has 0 saturated carbocycles. The van der Waals surface area contributed by atoms with E-state index in [9.17, 15) is 5.11 Å². The number of hydrogen-bond acceptors (Lipinski definition) is 2. The molecule has 0 amide bonds. The Balaban J connectivity index is 2.63. The lowest BCUT2D eigenvalue weighted by Gasteiger charge is -2.45. The van der Waals surface area contributed by atoms with Crippen LogP contribution < -0.4 is 10.4 Å². The maximum Gasteiger partial charge on any atom is 0.261 e. The minimum Gasteiger partial charge on any atom is -0.404 e. The first kappa shape index (κ1) is 20.6. The van der Waals surface area contributed by atoms with E-state index in [4.69, 9.17) is 4.43 Å². The van der Waals surface area contributed by atoms with E-state index < -0.39 is 8.32 Å². The first-order valence-electron chi connectivity index (χ1n) is 9.46. The predicted molar refractivity (Wildman–Crippen MR) is 114 cm³/mol. The summed E-state index contributed by atoms with van der Waals surface area (Å²) >= 11 is 0. The molecule has 2 aromatic carbocycles. The Morgan fingerprint density at radius 1 is 0.962 bits per heavy atom. The Labute approximate surface area is 159 Å². The van der Waals surface area contributed by atoms with Gasteiger partial charge in [-0.1, -0.05) is 93.6 Å². The van der Waals surface area contributed by atoms with Crippen molar-refractivity contribution in [1.29, 1.82) is 0 Å². The minimum atomic E-state index is -2.54. The second-order valence-corrected chi connectivity index (χ2v) is 12.0. The fourth-order valence-electron chi connectivity index (χ4n) is 3.60. The SMILES string of the molecule is C/C=C\C[C@@H](CCO)O[Si](c1ccccc1)(c1ccccc1)C(C)(C)C. The van der Waals surface area contributed by atoms with Crippen molar-refractivity contribution < 1.29 is 9.53 Å². The van der Waals surface area contributed by atoms with Gasteiger partial charge in [0.1, 0.15) is 0 Å². The molecular weight excluding hydrogens is 336 g/mol. The van der Waals surface area contributed by atoms with Crippen LogP contribution in [0.25, 0.3) is 0 Å². The molecule has 0 unspecified atom stereocenters. The van der Waals surface area contributed by atoms with Crippen LogP contribution in [0.5, 0.6) is 0 Å². The van der Waals surface area contributed by atoms with Gasteiger partial charge in [-0.05, 0) is 35.2 Å². The normalized spacial score (nSPS) is 13.9. The lowest BCUT2D eigenvalue weighted by atomic mass is 10.2. The average Bonchev–Trinajstić information content (AvgIpc) is 2.64. The third-order valence-corrected chi connectivity index (χ3v) is 9.94. The van der Waals surface area contributed by atoms with Gasteiger partial charge in [-0.25, -0.2) is 0 Å². The fourth-order valence-corrected chi connectivity index (χ4v) is 8.33. The van der Waals surface area contributed by atoms with E-state index in [1.165, 1.54) is 10.4 Å². The smallest absolute Gasteiger partial charge is 0.261 e. The summed E-state index contributed by atoms with van der Waals surface area (Å²) in [4.78, 5) is 0. The van der Waals surface area contributed by atoms with Crippen LogP contribution in [0.15, 0.2) is 72.8 Å². The molecule has 2 aromatic rings. The first-order chi connectivity index (χ1) is 12.5. The van der Waals surface area contributed by atoms with Crippen LogP contribution in [0.4, 0.5) is 0 Å². The zero-order valence-electron chi connectivity index (χ0n) is 16.5. The van der Waals surface area contributed by atoms with Crippen LogP contribution in [0, 0.1) is 0 Å². The second kappa shape index (κ2) is 9.31. The zero-order chi connectivity index (χ0) is 19.0. The van der Waals surface area contributed by atoms with Gasteiger partial charge in [0.2, 0.25) is 0 Å². The highest BCUT2D eigenvalue weighted by molar-refractivity contribution is 6.99. The molecule has 0 bridgehead atoms. The van der Waals surface area contributed by atoms with Gasteiger partial charge in [0, 0.05) is 6.61 Å². The lowest BCUT2D eigenvalue weighted by Crippen LogP contribution is -2.67. The molecule has 0 aliphatic carbocycles. The van der Waals surface area contributed by atoms with Crippen LogP contribution in [-0.2, 0) is 4.43 Å². The van der Waals surface area contributed by atoms with Gasteiger partial charge in [0.25, 0.3) is 8.32 Å². The van der Waals surface area contributed by atoms with E-state index >= 15 is 0 Å². The molecule has 0 radical (unpaired) electrons. The van der Waals surface area contributed by atoms with E-state index in [0.29, 0.717) is 6.42 Å². The third kappa shape index (κ3) is 4.53. The molecule has 0 saturated heterocycles. The monoisotopic (exact) mass is 368 g/mol. The molecule has 1 atom stereocenters. The first-order valence-corrected chi connectivity index (χ1v) is 11.4. The summed E-state index contributed by atoms with van der Waals surface area (Å²) < 4.78 is 7.04. The predicted octanol–water partition coefficient (Wildman–Crippen LogP) is 4.28. The second-order valence-electron chi connectivity index (χ2n) is 7.72. The highest BCUT2D eigenvalue weighted by Gasteiger charge is 2.51. The fraction of sp³-hybridized carbons (Fsp3) is 0.391. The van der Waals surface area contributed by atoms with Crippen molar-refractivity contribution in [3.8, 4) is 0 Å². The molecular formula is C23H32O2Si. The lowest BCUT2D eigenvalue weighted by molar-refractivity contribution is 0.146. The van der Waals surface area contributed by atoms with Gasteiger partial charge in [-0.3, -0.25) is 0 Å². The van der Waals surface area contributed by atoms with Gasteiger partial charge in [0.05, 0.1) is 6.10 Å². The zero-order valence-corrected chi connectivity index (χ0v) is 17.5. The molecule has 26 heavy (non-hydrogen) atoms. The van der Waals surface area contributed by atoms with Crippen LogP contribution in [-0.4, -0.2) is 26.1 Å². The summed E-state index contributed by atoms with van der Waals surface area (Å²) in [5.41, 5.74) is 0. The molecule has 0 spiro atoms. The molecule has 0 aromatic heterocycles. The van der Waals surface area contributed by atoms with Crippen LogP contribution in [0.1, 0.15) is 40.5 Å². The standard InChI is InChI=1S/C23H32O2Si/c1-5-6-13-20(18-19-24)25-26(23(2,3)4,21-14-9-7-10-15-21)22-16-11-8-12-17-22/h5-12,14-17,20,24H,13,18-19H2,1-4H3/b6-5-/t20-/m0/s1. The Bertz CT molecular complexity index is 635. The molecule has 2 nitrogen and oxygen atoms in total. The maximum absolute atomic E-state index is 9.59. The van der Waals surface area contributed by atoms with E-state index in [1.54, 1.807) is 0 Å². The van der Waals surface area contributed by atoms with E-state index in [0.717, 1.165) is 6.42 Å². The van der Waals surface area contributed by atoms with Crippen molar-refractivity contribution in [2.75, 3.05) is 6.61 Å². The highest BCUT2D eigenvalue weighted by atomic mass is 28.4. The van der Waals surface area contributed by atoms with Crippen LogP contribution in [0.2, 0.25) is 5.04 Å². The maximum atomic E-state index is 9.59. The topological polar surface area (TPSA) is 29.5 Å². The van der Waals surface area contributed by atoms with Gasteiger partial charge in [-0.15, -0.1) is 0 Å². The quantitative estimate of drug-likeness (QED) is 0.557. The summed E-state index contributed by atoms with van der Waals surface area (Å²) in [6.45, 7) is 9.01. The number of aliphatic hydroxyl groups excluding tert-OH is 1. The van der Waals surface area contributed by atoms with Crippen molar-refractivity contribution in [2.24, 2.45) is 0 Å². The molecule has 1 N–H and O–H groups in total. The molecule has 0 fully saturated rings. The minimum absolute atomic E-state index is 0.00232. The Morgan fingerprint density at radius 3 is 1.85 bits per heavy atom. The number of hydrogen-bond donors (Lipinski definition) is 1. The van der Waals surface area contributed by atoms with E-state index in [-0.39, 0.29) is 17.7 Å². The number of rotatable bonds is 8. The van der Waals surface area contributed by atoms with Gasteiger partial charge in [-0.2, -0.15) is 0 Å². The Kier molecular flexibility index (Phi) is 7.39. The number of benzene rings is 2. The van der Waals surface area contributed by atoms with E-state index in [1.807, 2.05) is 6.92 Å². The van der Waals surface area contributed by atoms with E-state index in [2.05, 4.69) is 93.6 Å².